The minimum atomic E-state index is -2.45. The number of unbranched alkanes of at least 4 members (excludes halogenated alkanes) is 2. The average molecular weight is 448 g/mol. The maximum atomic E-state index is 5.84. The molecule has 7 heteroatoms. The van der Waals surface area contributed by atoms with Crippen molar-refractivity contribution in [1.82, 2.24) is 0 Å². The second-order valence-electron chi connectivity index (χ2n) is 4.60. The fourth-order valence-corrected chi connectivity index (χ4v) is 5.86. The highest BCUT2D eigenvalue weighted by Gasteiger charge is 2.39. The van der Waals surface area contributed by atoms with Crippen LogP contribution in [0.25, 0.3) is 0 Å². The van der Waals surface area contributed by atoms with E-state index >= 15 is 0 Å². The van der Waals surface area contributed by atoms with Crippen LogP contribution in [0.4, 0.5) is 0 Å². The van der Waals surface area contributed by atoms with E-state index in [0.29, 0.717) is 24.9 Å². The van der Waals surface area contributed by atoms with Gasteiger partial charge in [-0.3, -0.25) is 0 Å². The molecule has 0 rings (SSSR count). The quantitative estimate of drug-likeness (QED) is 0.134. The van der Waals surface area contributed by atoms with Crippen molar-refractivity contribution in [2.45, 2.75) is 63.5 Å². The molecule has 0 radical (unpaired) electrons. The molecule has 1 atom stereocenters. The van der Waals surface area contributed by atoms with E-state index in [9.17, 15) is 0 Å². The molecule has 0 saturated heterocycles. The monoisotopic (exact) mass is 448 g/mol. The van der Waals surface area contributed by atoms with Gasteiger partial charge in [0, 0.05) is 32.8 Å². The number of halogens is 1. The van der Waals surface area contributed by atoms with Crippen LogP contribution in [0.5, 0.6) is 0 Å². The van der Waals surface area contributed by atoms with Crippen molar-refractivity contribution in [3.05, 3.63) is 0 Å². The van der Waals surface area contributed by atoms with Crippen LogP contribution >= 0.6 is 34.8 Å². The molecule has 0 aromatic carbocycles. The van der Waals surface area contributed by atoms with Crippen molar-refractivity contribution in [3.8, 4) is 0 Å². The fourth-order valence-electron chi connectivity index (χ4n) is 2.06. The van der Waals surface area contributed by atoms with Gasteiger partial charge in [-0.2, -0.15) is 0 Å². The summed E-state index contributed by atoms with van der Waals surface area (Å²) in [7, 11) is -2.45. The Morgan fingerprint density at radius 1 is 1.00 bits per heavy atom. The maximum Gasteiger partial charge on any atom is 0.500 e. The first kappa shape index (κ1) is 21.7. The molecule has 0 fully saturated rings. The van der Waals surface area contributed by atoms with Gasteiger partial charge in [0.25, 0.3) is 0 Å². The van der Waals surface area contributed by atoms with Crippen LogP contribution in [0.1, 0.15) is 53.4 Å². The van der Waals surface area contributed by atoms with Gasteiger partial charge in [0.1, 0.15) is 4.11 Å². The Hall–Kier alpha value is 0.717. The highest BCUT2D eigenvalue weighted by Crippen LogP contribution is 2.21. The predicted octanol–water partition coefficient (Wildman–Crippen LogP) is 4.72. The first-order valence-corrected chi connectivity index (χ1v) is 11.3. The number of hydrogen-bond acceptors (Lipinski definition) is 5. The van der Waals surface area contributed by atoms with Gasteiger partial charge in [-0.05, 0) is 74.8 Å². The summed E-state index contributed by atoms with van der Waals surface area (Å²) >= 11 is 7.23. The molecule has 0 aliphatic heterocycles. The smallest absolute Gasteiger partial charge is 0.474 e. The van der Waals surface area contributed by atoms with Crippen molar-refractivity contribution in [3.63, 3.8) is 0 Å². The summed E-state index contributed by atoms with van der Waals surface area (Å²) in [4.78, 5) is 0. The Labute approximate surface area is 149 Å². The number of rotatable bonds is 13. The van der Waals surface area contributed by atoms with Crippen LogP contribution in [-0.2, 0) is 18.0 Å². The summed E-state index contributed by atoms with van der Waals surface area (Å²) < 4.78 is 23.2. The summed E-state index contributed by atoms with van der Waals surface area (Å²) in [6, 6.07) is 0.890. The second-order valence-corrected chi connectivity index (χ2v) is 9.30. The molecule has 0 aromatic rings. The Bertz CT molecular complexity index is 265. The number of ether oxygens (including phenoxy) is 1. The summed E-state index contributed by atoms with van der Waals surface area (Å²) in [5.41, 5.74) is 0. The van der Waals surface area contributed by atoms with E-state index in [1.807, 2.05) is 27.7 Å². The Kier molecular flexibility index (Phi) is 13.6. The van der Waals surface area contributed by atoms with E-state index in [0.717, 1.165) is 31.7 Å². The van der Waals surface area contributed by atoms with Crippen LogP contribution < -0.4 is 0 Å². The topological polar surface area (TPSA) is 36.9 Å². The van der Waals surface area contributed by atoms with Crippen molar-refractivity contribution < 1.29 is 18.0 Å². The van der Waals surface area contributed by atoms with Gasteiger partial charge in [0.2, 0.25) is 0 Å². The third-order valence-corrected chi connectivity index (χ3v) is 6.93. The fraction of sp³-hybridized carbons (Fsp3) is 0.929. The molecule has 0 saturated carbocycles. The molecule has 0 spiro atoms. The molecule has 0 amide bonds. The number of thiocarbonyl (C=S) groups is 1. The standard InChI is InChI=1S/C14H29IO4SSi/c1-5-16-21(17-6-2,18-7-3)12-10-8-9-11-14(15)19-13(4)20/h14H,5-12H2,1-4H3. The van der Waals surface area contributed by atoms with Crippen molar-refractivity contribution in [2.75, 3.05) is 19.8 Å². The van der Waals surface area contributed by atoms with Gasteiger partial charge >= 0.3 is 8.80 Å². The molecule has 0 aromatic heterocycles. The van der Waals surface area contributed by atoms with E-state index in [1.165, 1.54) is 0 Å². The summed E-state index contributed by atoms with van der Waals surface area (Å²) in [6.45, 7) is 9.72. The van der Waals surface area contributed by atoms with Crippen LogP contribution in [0.3, 0.4) is 0 Å². The molecular weight excluding hydrogens is 419 g/mol. The normalized spacial score (nSPS) is 13.2. The van der Waals surface area contributed by atoms with E-state index in [2.05, 4.69) is 22.6 Å². The largest absolute Gasteiger partial charge is 0.500 e. The van der Waals surface area contributed by atoms with Crippen LogP contribution in [-0.4, -0.2) is 37.8 Å². The summed E-state index contributed by atoms with van der Waals surface area (Å²) in [5.74, 6) is 0. The van der Waals surface area contributed by atoms with E-state index < -0.39 is 8.80 Å². The van der Waals surface area contributed by atoms with Gasteiger partial charge in [0.15, 0.2) is 5.05 Å². The van der Waals surface area contributed by atoms with Gasteiger partial charge in [-0.1, -0.05) is 6.42 Å². The molecular formula is C14H29IO4SSi. The first-order valence-electron chi connectivity index (χ1n) is 7.72. The van der Waals surface area contributed by atoms with Crippen molar-refractivity contribution >= 4 is 48.7 Å². The molecule has 0 N–H and O–H groups in total. The molecule has 1 unspecified atom stereocenters. The Balaban J connectivity index is 4.04. The Morgan fingerprint density at radius 3 is 1.95 bits per heavy atom. The molecule has 0 aliphatic carbocycles. The van der Waals surface area contributed by atoms with Crippen molar-refractivity contribution in [1.29, 1.82) is 0 Å². The maximum absolute atomic E-state index is 5.84. The highest BCUT2D eigenvalue weighted by atomic mass is 127. The minimum Gasteiger partial charge on any atom is -0.474 e. The zero-order valence-corrected chi connectivity index (χ0v) is 17.6. The molecule has 21 heavy (non-hydrogen) atoms. The van der Waals surface area contributed by atoms with E-state index in [-0.39, 0.29) is 4.11 Å². The van der Waals surface area contributed by atoms with Crippen LogP contribution in [0, 0.1) is 0 Å². The molecule has 0 heterocycles. The molecule has 4 nitrogen and oxygen atoms in total. The molecule has 0 aliphatic rings. The molecule has 126 valence electrons. The second kappa shape index (κ2) is 13.2. The van der Waals surface area contributed by atoms with Crippen molar-refractivity contribution in [2.24, 2.45) is 0 Å². The summed E-state index contributed by atoms with van der Waals surface area (Å²) in [5, 5.41) is 0.616. The van der Waals surface area contributed by atoms with Gasteiger partial charge in [-0.25, -0.2) is 0 Å². The zero-order chi connectivity index (χ0) is 16.1. The first-order chi connectivity index (χ1) is 9.99. The molecule has 0 bridgehead atoms. The number of hydrogen-bond donors (Lipinski definition) is 0. The lowest BCUT2D eigenvalue weighted by Crippen LogP contribution is -2.45. The third kappa shape index (κ3) is 11.0. The lowest BCUT2D eigenvalue weighted by atomic mass is 10.2. The van der Waals surface area contributed by atoms with Crippen LogP contribution in [0.2, 0.25) is 6.04 Å². The van der Waals surface area contributed by atoms with Gasteiger partial charge < -0.3 is 18.0 Å². The summed E-state index contributed by atoms with van der Waals surface area (Å²) in [6.07, 6.45) is 4.32. The van der Waals surface area contributed by atoms with E-state index in [4.69, 9.17) is 30.2 Å². The lowest BCUT2D eigenvalue weighted by molar-refractivity contribution is 0.0706. The minimum absolute atomic E-state index is 0.174. The number of alkyl halides is 1. The van der Waals surface area contributed by atoms with Gasteiger partial charge in [-0.15, -0.1) is 0 Å². The average Bonchev–Trinajstić information content (AvgIpc) is 2.38. The lowest BCUT2D eigenvalue weighted by Gasteiger charge is -2.28. The van der Waals surface area contributed by atoms with Crippen LogP contribution in [0.15, 0.2) is 0 Å². The highest BCUT2D eigenvalue weighted by molar-refractivity contribution is 14.1. The third-order valence-electron chi connectivity index (χ3n) is 2.80. The Morgan fingerprint density at radius 2 is 1.52 bits per heavy atom. The van der Waals surface area contributed by atoms with Gasteiger partial charge in [0.05, 0.1) is 0 Å². The zero-order valence-electron chi connectivity index (χ0n) is 13.7. The SMILES string of the molecule is CCO[Si](CCCCCC(I)OC(C)=S)(OCC)OCC. The predicted molar refractivity (Wildman–Crippen MR) is 101 cm³/mol. The van der Waals surface area contributed by atoms with E-state index in [1.54, 1.807) is 0 Å².